The Hall–Kier alpha value is -5.12. The van der Waals surface area contributed by atoms with Crippen molar-refractivity contribution in [3.63, 3.8) is 0 Å². The Bertz CT molecular complexity index is 1510. The zero-order valence-corrected chi connectivity index (χ0v) is 26.1. The number of hydrogen-bond donors (Lipinski definition) is 0. The Morgan fingerprint density at radius 3 is 1.26 bits per heavy atom. The molecule has 8 amide bonds. The standard InChI is InChI=1S/C36H38N4O6/c1-3-5-20-29-31(41)37(35(45)39(33(29)43)27-16-9-7-10-17-27)23-25-14-13-15-26(22-25)24-38-32(42)30(21-6-4-2)34(44)40(36(38)46)28-18-11-8-12-19-28/h7-19,22,29-30H,3-6,20-21,23-24H2,1-2H3. The fraction of sp³-hybridized carbons (Fsp3) is 0.333. The number of anilines is 2. The van der Waals surface area contributed by atoms with Gasteiger partial charge >= 0.3 is 12.1 Å². The van der Waals surface area contributed by atoms with Crippen LogP contribution in [0.4, 0.5) is 21.0 Å². The van der Waals surface area contributed by atoms with Crippen LogP contribution in [0.1, 0.15) is 63.5 Å². The van der Waals surface area contributed by atoms with E-state index in [4.69, 9.17) is 0 Å². The second-order valence-corrected chi connectivity index (χ2v) is 11.6. The molecule has 46 heavy (non-hydrogen) atoms. The van der Waals surface area contributed by atoms with Crippen molar-refractivity contribution in [2.24, 2.45) is 11.8 Å². The highest BCUT2D eigenvalue weighted by Gasteiger charge is 2.47. The molecular formula is C36H38N4O6. The fourth-order valence-corrected chi connectivity index (χ4v) is 5.94. The number of barbiturate groups is 2. The van der Waals surface area contributed by atoms with Crippen molar-refractivity contribution >= 4 is 47.1 Å². The largest absolute Gasteiger partial charge is 0.338 e. The average Bonchev–Trinajstić information content (AvgIpc) is 3.06. The van der Waals surface area contributed by atoms with Crippen LogP contribution >= 0.6 is 0 Å². The van der Waals surface area contributed by atoms with E-state index in [1.165, 1.54) is 0 Å². The number of nitrogens with zero attached hydrogens (tertiary/aromatic N) is 4. The molecule has 0 bridgehead atoms. The molecule has 2 saturated heterocycles. The summed E-state index contributed by atoms with van der Waals surface area (Å²) in [5, 5.41) is 0. The summed E-state index contributed by atoms with van der Waals surface area (Å²) < 4.78 is 0. The van der Waals surface area contributed by atoms with Gasteiger partial charge in [-0.1, -0.05) is 100 Å². The lowest BCUT2D eigenvalue weighted by atomic mass is 9.95. The van der Waals surface area contributed by atoms with Crippen molar-refractivity contribution < 1.29 is 28.8 Å². The highest BCUT2D eigenvalue weighted by atomic mass is 16.2. The molecule has 0 saturated carbocycles. The topological polar surface area (TPSA) is 115 Å². The Labute approximate surface area is 268 Å². The molecule has 2 fully saturated rings. The predicted molar refractivity (Wildman–Crippen MR) is 172 cm³/mol. The van der Waals surface area contributed by atoms with E-state index in [1.54, 1.807) is 84.9 Å². The first kappa shape index (κ1) is 32.3. The maximum atomic E-state index is 13.7. The first-order chi connectivity index (χ1) is 22.3. The van der Waals surface area contributed by atoms with Crippen molar-refractivity contribution in [2.75, 3.05) is 9.80 Å². The molecule has 3 aromatic carbocycles. The molecule has 2 aliphatic rings. The summed E-state index contributed by atoms with van der Waals surface area (Å²) in [6, 6.07) is 22.6. The maximum absolute atomic E-state index is 13.7. The van der Waals surface area contributed by atoms with Crippen molar-refractivity contribution in [3.05, 3.63) is 96.1 Å². The number of rotatable bonds is 12. The third-order valence-electron chi connectivity index (χ3n) is 8.40. The minimum Gasteiger partial charge on any atom is -0.273 e. The molecule has 0 aromatic heterocycles. The van der Waals surface area contributed by atoms with Crippen molar-refractivity contribution in [1.29, 1.82) is 0 Å². The maximum Gasteiger partial charge on any atom is 0.338 e. The van der Waals surface area contributed by atoms with Crippen LogP contribution < -0.4 is 9.80 Å². The lowest BCUT2D eigenvalue weighted by Crippen LogP contribution is -2.59. The van der Waals surface area contributed by atoms with E-state index in [0.717, 1.165) is 32.4 Å². The van der Waals surface area contributed by atoms with Gasteiger partial charge in [0.15, 0.2) is 0 Å². The number of imide groups is 4. The van der Waals surface area contributed by atoms with Crippen LogP contribution in [0, 0.1) is 11.8 Å². The minimum absolute atomic E-state index is 0.0968. The van der Waals surface area contributed by atoms with Gasteiger partial charge in [-0.15, -0.1) is 0 Å². The second-order valence-electron chi connectivity index (χ2n) is 11.6. The molecule has 0 aliphatic carbocycles. The van der Waals surface area contributed by atoms with E-state index in [1.807, 2.05) is 13.8 Å². The van der Waals surface area contributed by atoms with Crippen LogP contribution in [-0.2, 0) is 32.3 Å². The number of benzene rings is 3. The molecule has 0 N–H and O–H groups in total. The van der Waals surface area contributed by atoms with Gasteiger partial charge < -0.3 is 0 Å². The Kier molecular flexibility index (Phi) is 10.0. The molecule has 5 rings (SSSR count). The highest BCUT2D eigenvalue weighted by molar-refractivity contribution is 6.28. The number of urea groups is 2. The smallest absolute Gasteiger partial charge is 0.273 e. The summed E-state index contributed by atoms with van der Waals surface area (Å²) in [6.07, 6.45) is 3.55. The zero-order chi connectivity index (χ0) is 32.8. The number of amides is 8. The zero-order valence-electron chi connectivity index (χ0n) is 26.1. The van der Waals surface area contributed by atoms with E-state index in [0.29, 0.717) is 48.2 Å². The monoisotopic (exact) mass is 622 g/mol. The Morgan fingerprint density at radius 2 is 0.891 bits per heavy atom. The molecule has 0 spiro atoms. The lowest BCUT2D eigenvalue weighted by Gasteiger charge is -2.37. The quantitative estimate of drug-likeness (QED) is 0.219. The van der Waals surface area contributed by atoms with E-state index in [-0.39, 0.29) is 13.1 Å². The van der Waals surface area contributed by atoms with Crippen LogP contribution in [0.25, 0.3) is 0 Å². The van der Waals surface area contributed by atoms with E-state index in [2.05, 4.69) is 0 Å². The molecule has 10 heteroatoms. The van der Waals surface area contributed by atoms with Gasteiger partial charge in [-0.25, -0.2) is 19.4 Å². The van der Waals surface area contributed by atoms with Crippen LogP contribution in [0.2, 0.25) is 0 Å². The van der Waals surface area contributed by atoms with Gasteiger partial charge in [-0.3, -0.25) is 29.0 Å². The molecule has 3 aromatic rings. The predicted octanol–water partition coefficient (Wildman–Crippen LogP) is 6.29. The SMILES string of the molecule is CCCCC1C(=O)N(Cc2cccc(CN3C(=O)C(CCCC)C(=O)N(c4ccccc4)C3=O)c2)C(=O)N(c2ccccc2)C1=O. The molecular weight excluding hydrogens is 584 g/mol. The Balaban J connectivity index is 1.42. The summed E-state index contributed by atoms with van der Waals surface area (Å²) in [7, 11) is 0. The first-order valence-electron chi connectivity index (χ1n) is 15.8. The van der Waals surface area contributed by atoms with Gasteiger partial charge in [0, 0.05) is 0 Å². The summed E-state index contributed by atoms with van der Waals surface area (Å²) >= 11 is 0. The number of para-hydroxylation sites is 2. The second kappa shape index (κ2) is 14.3. The van der Waals surface area contributed by atoms with Gasteiger partial charge in [-0.05, 0) is 48.2 Å². The molecule has 2 heterocycles. The van der Waals surface area contributed by atoms with Crippen LogP contribution in [0.3, 0.4) is 0 Å². The van der Waals surface area contributed by atoms with Gasteiger partial charge in [0.05, 0.1) is 24.5 Å². The Morgan fingerprint density at radius 1 is 0.500 bits per heavy atom. The van der Waals surface area contributed by atoms with Crippen LogP contribution in [0.15, 0.2) is 84.9 Å². The lowest BCUT2D eigenvalue weighted by molar-refractivity contribution is -0.143. The minimum atomic E-state index is -0.980. The van der Waals surface area contributed by atoms with Gasteiger partial charge in [0.1, 0.15) is 11.8 Å². The summed E-state index contributed by atoms with van der Waals surface area (Å²) in [6.45, 7) is 3.75. The van der Waals surface area contributed by atoms with Crippen molar-refractivity contribution in [2.45, 2.75) is 65.5 Å². The summed E-state index contributed by atoms with van der Waals surface area (Å²) in [5.41, 5.74) is 1.96. The van der Waals surface area contributed by atoms with E-state index in [9.17, 15) is 28.8 Å². The molecule has 238 valence electrons. The molecule has 2 atom stereocenters. The van der Waals surface area contributed by atoms with Gasteiger partial charge in [0.2, 0.25) is 23.6 Å². The van der Waals surface area contributed by atoms with Crippen molar-refractivity contribution in [3.8, 4) is 0 Å². The first-order valence-corrected chi connectivity index (χ1v) is 15.8. The fourth-order valence-electron chi connectivity index (χ4n) is 5.94. The van der Waals surface area contributed by atoms with Crippen LogP contribution in [0.5, 0.6) is 0 Å². The summed E-state index contributed by atoms with van der Waals surface area (Å²) in [5.74, 6) is -4.11. The molecule has 10 nitrogen and oxygen atoms in total. The van der Waals surface area contributed by atoms with E-state index < -0.39 is 47.5 Å². The van der Waals surface area contributed by atoms with E-state index >= 15 is 0 Å². The number of unbranched alkanes of at least 4 members (excludes halogenated alkanes) is 2. The normalized spacial score (nSPS) is 19.0. The third-order valence-corrected chi connectivity index (χ3v) is 8.40. The summed E-state index contributed by atoms with van der Waals surface area (Å²) in [4.78, 5) is 85.6. The third kappa shape index (κ3) is 6.47. The van der Waals surface area contributed by atoms with Gasteiger partial charge in [0.25, 0.3) is 0 Å². The van der Waals surface area contributed by atoms with Crippen LogP contribution in [-0.4, -0.2) is 45.5 Å². The molecule has 2 aliphatic heterocycles. The number of hydrogen-bond acceptors (Lipinski definition) is 6. The number of carbonyl (C=O) groups is 6. The highest BCUT2D eigenvalue weighted by Crippen LogP contribution is 2.31. The molecule has 2 unspecified atom stereocenters. The van der Waals surface area contributed by atoms with Gasteiger partial charge in [-0.2, -0.15) is 0 Å². The van der Waals surface area contributed by atoms with Crippen molar-refractivity contribution in [1.82, 2.24) is 9.80 Å². The number of carbonyl (C=O) groups excluding carboxylic acids is 6. The molecule has 0 radical (unpaired) electrons. The average molecular weight is 623 g/mol.